The van der Waals surface area contributed by atoms with Gasteiger partial charge in [0.1, 0.15) is 41.0 Å². The highest BCUT2D eigenvalue weighted by molar-refractivity contribution is 7.59. The summed E-state index contributed by atoms with van der Waals surface area (Å²) in [6.45, 7) is 5.05. The lowest BCUT2D eigenvalue weighted by Crippen LogP contribution is -2.54. The van der Waals surface area contributed by atoms with Gasteiger partial charge in [0.2, 0.25) is 34.8 Å². The van der Waals surface area contributed by atoms with Crippen LogP contribution in [0.5, 0.6) is 0 Å². The minimum Gasteiger partial charge on any atom is -0.483 e. The summed E-state index contributed by atoms with van der Waals surface area (Å²) in [5, 5.41) is 48.0. The first-order valence-corrected chi connectivity index (χ1v) is 40.9. The number of hydrogen-bond donors (Lipinski definition) is 11. The molecule has 0 saturated carbocycles. The summed E-state index contributed by atoms with van der Waals surface area (Å²) in [6, 6.07) is 26.6. The quantitative estimate of drug-likeness (QED) is 0.00544. The number of benzene rings is 6. The summed E-state index contributed by atoms with van der Waals surface area (Å²) in [7, 11) is 0. The van der Waals surface area contributed by atoms with E-state index in [2.05, 4.69) is 31.2 Å². The molecule has 6 aliphatic heterocycles. The number of hydrogen-bond acceptors (Lipinski definition) is 24. The lowest BCUT2D eigenvalue weighted by Gasteiger charge is -2.27. The summed E-state index contributed by atoms with van der Waals surface area (Å²) in [6.07, 6.45) is 3.44. The minimum absolute atomic E-state index is 0. The fourth-order valence-corrected chi connectivity index (χ4v) is 15.0. The van der Waals surface area contributed by atoms with Crippen LogP contribution in [0.1, 0.15) is 156 Å². The molecule has 12 amide bonds. The van der Waals surface area contributed by atoms with Crippen molar-refractivity contribution in [1.29, 1.82) is 0 Å². The number of carbonyl (C=O) groups excluding carboxylic acids is 13. The predicted octanol–water partition coefficient (Wildman–Crippen LogP) is 5.80. The molecule has 8 aromatic rings. The number of aliphatic hydroxyl groups is 2. The van der Waals surface area contributed by atoms with Crippen molar-refractivity contribution in [2.45, 2.75) is 121 Å². The lowest BCUT2D eigenvalue weighted by atomic mass is 10.0. The lowest BCUT2D eigenvalue weighted by molar-refractivity contribution is -0.150. The molecule has 0 radical (unpaired) electrons. The van der Waals surface area contributed by atoms with Crippen molar-refractivity contribution in [3.63, 3.8) is 0 Å². The molecule has 36 nitrogen and oxygen atoms in total. The zero-order chi connectivity index (χ0) is 91.9. The number of amides is 12. The Kier molecular flexibility index (Phi) is 38.4. The Hall–Kier alpha value is -12.5. The average Bonchev–Trinajstić information content (AvgIpc) is 1.63. The molecule has 6 aliphatic rings. The third-order valence-electron chi connectivity index (χ3n) is 21.4. The van der Waals surface area contributed by atoms with Crippen molar-refractivity contribution in [2.75, 3.05) is 109 Å². The van der Waals surface area contributed by atoms with Gasteiger partial charge in [0, 0.05) is 130 Å². The maximum atomic E-state index is 13.5. The van der Waals surface area contributed by atoms with Crippen molar-refractivity contribution in [3.8, 4) is 0 Å². The number of nitrogens with two attached hydrogens (primary N) is 1. The summed E-state index contributed by atoms with van der Waals surface area (Å²) in [5.41, 5.74) is 6.15. The van der Waals surface area contributed by atoms with Crippen LogP contribution in [0.4, 0.5) is 28.9 Å². The topological polar surface area (TPSA) is 511 Å². The number of anilines is 2. The summed E-state index contributed by atoms with van der Waals surface area (Å²) in [4.78, 5) is 193. The van der Waals surface area contributed by atoms with Crippen LogP contribution in [0, 0.1) is 23.3 Å². The van der Waals surface area contributed by atoms with Crippen LogP contribution in [0.2, 0.25) is 0 Å². The molecule has 131 heavy (non-hydrogen) atoms. The number of halogens is 4. The number of carbonyl (C=O) groups is 15. The van der Waals surface area contributed by atoms with E-state index in [0.717, 1.165) is 51.6 Å². The molecule has 702 valence electrons. The molecule has 4 fully saturated rings. The number of aromatic amines is 2. The fourth-order valence-electron chi connectivity index (χ4n) is 15.0. The number of nitrogens with one attached hydrogen (secondary N) is 6. The van der Waals surface area contributed by atoms with Crippen molar-refractivity contribution in [3.05, 3.63) is 200 Å². The molecule has 14 rings (SSSR count). The number of ether oxygens (including phenoxy) is 6. The fraction of sp³-hybridized carbons (Fsp3) is 0.382. The maximum Gasteiger partial charge on any atom is 0.352 e. The number of piperidine rings is 2. The number of fused-ring (bicyclic) bond motifs is 4. The Bertz CT molecular complexity index is 5530. The number of rotatable bonds is 38. The second-order valence-corrected chi connectivity index (χ2v) is 30.2. The second-order valence-electron chi connectivity index (χ2n) is 30.2. The number of aryl methyl sites for hydroxylation is 2. The molecule has 4 saturated heterocycles. The second kappa shape index (κ2) is 48.4. The monoisotopic (exact) mass is 1860 g/mol. The van der Waals surface area contributed by atoms with Crippen LogP contribution < -0.4 is 36.8 Å². The summed E-state index contributed by atoms with van der Waals surface area (Å²) >= 11 is 0. The summed E-state index contributed by atoms with van der Waals surface area (Å²) in [5.74, 6) is -12.3. The van der Waals surface area contributed by atoms with Crippen LogP contribution in [0.3, 0.4) is 0 Å². The Labute approximate surface area is 760 Å². The number of carboxylic acid groups (broad SMARTS) is 2. The first-order chi connectivity index (χ1) is 61.4. The third kappa shape index (κ3) is 26.2. The zero-order valence-electron chi connectivity index (χ0n) is 70.0. The van der Waals surface area contributed by atoms with E-state index in [1.165, 1.54) is 15.9 Å². The zero-order valence-corrected chi connectivity index (χ0v) is 72.0. The highest BCUT2D eigenvalue weighted by Gasteiger charge is 2.54. The van der Waals surface area contributed by atoms with Gasteiger partial charge in [0.25, 0.3) is 53.7 Å². The maximum absolute atomic E-state index is 13.5. The van der Waals surface area contributed by atoms with Gasteiger partial charge in [-0.1, -0.05) is 19.6 Å². The van der Waals surface area contributed by atoms with E-state index in [9.17, 15) is 94.9 Å². The average molecular weight is 1860 g/mol. The van der Waals surface area contributed by atoms with E-state index in [1.807, 2.05) is 6.07 Å². The Morgan fingerprint density at radius 1 is 0.466 bits per heavy atom. The number of imide groups is 4. The van der Waals surface area contributed by atoms with Gasteiger partial charge < -0.3 is 85.0 Å². The Balaban J connectivity index is 0.000000258. The van der Waals surface area contributed by atoms with E-state index in [0.29, 0.717) is 168 Å². The molecule has 4 atom stereocenters. The molecular formula is C89H101F4N11O25S2. The van der Waals surface area contributed by atoms with Gasteiger partial charge in [0.05, 0.1) is 87.4 Å². The highest BCUT2D eigenvalue weighted by Crippen LogP contribution is 2.36. The van der Waals surface area contributed by atoms with Crippen LogP contribution in [0.15, 0.2) is 121 Å². The molecular weight excluding hydrogens is 1760 g/mol. The van der Waals surface area contributed by atoms with Gasteiger partial charge in [-0.15, -0.1) is 0 Å². The number of nitrogens with zero attached hydrogens (tertiary/aromatic N) is 4. The number of carboxylic acids is 1. The van der Waals surface area contributed by atoms with E-state index in [1.54, 1.807) is 72.8 Å². The molecule has 6 aromatic carbocycles. The molecule has 2 aromatic heterocycles. The molecule has 8 heterocycles. The molecule has 42 heteroatoms. The van der Waals surface area contributed by atoms with Gasteiger partial charge in [-0.2, -0.15) is 27.0 Å². The van der Waals surface area contributed by atoms with Crippen molar-refractivity contribution in [1.82, 2.24) is 41.0 Å². The standard InChI is InChI=1S/C44H45F2N5O11.C22H29N3O7.C21H17F2N3O5.CH2O2.CH4.2H2S/c45-29-19-27(20-30(46)24-29)25-47-42(57)44(59)11-12-50(43(44)58)31-6-8-34-28(22-31)23-35(48-34)37(52)4-2-14-61-16-18-62-17-15-60-13-1-3-26-5-7-32-33(21-26)41(56)51(40(32)55)36-9-10-38(53)49-39(36)54;23-7-9-31-11-13-32-12-10-30-8-1-2-15-3-4-16-17(14-15)22(29)25(21(16)28)18-5-6-19(26)24-20(18)27;22-13-5-11(6-14(23)9-13)10-24-19(29)21(31)3-4-26(20(21)30)15-1-2-16-12(7-15)8-17(25-16)18(27)28;2-1-3;;;/h5-8,19-24,36,48,59H,1-4,9-18,25H2,(H,47,57)(H,49,53,54);3-4,14,18H,1-2,5-13,23H2,(H,24,26,27);1-2,5-9,25,31H,3-4,10H2,(H,24,29)(H,27,28);1H,(H,2,3);1H4;2*1H2/t36?,44-;;21-;;;;/m0.0..../s1. The normalized spacial score (nSPS) is 17.9. The predicted molar refractivity (Wildman–Crippen MR) is 470 cm³/mol. The van der Waals surface area contributed by atoms with E-state index >= 15 is 0 Å². The van der Waals surface area contributed by atoms with Gasteiger partial charge in [-0.25, -0.2) is 22.4 Å². The Morgan fingerprint density at radius 2 is 0.824 bits per heavy atom. The van der Waals surface area contributed by atoms with Crippen LogP contribution in [0.25, 0.3) is 21.8 Å². The first-order valence-electron chi connectivity index (χ1n) is 40.9. The largest absolute Gasteiger partial charge is 0.483 e. The van der Waals surface area contributed by atoms with Gasteiger partial charge in [-0.3, -0.25) is 87.6 Å². The van der Waals surface area contributed by atoms with Crippen LogP contribution in [-0.2, 0) is 97.5 Å². The SMILES string of the molecule is C.NCCOCCOCCOCCCc1ccc2c(c1)C(=O)N(C1CCC(=O)NC1=O)C2=O.O=C(O)c1cc2cc(N3CC[C@](O)(C(=O)NCc4cc(F)cc(F)c4)C3=O)ccc2[nH]1.O=C1CCC(N2C(=O)c3ccc(CCCOCCOCCOCCCC(=O)c4cc5cc(N6CC[C@](O)(C(=O)NCc7cc(F)cc(F)c7)C6=O)ccc5[nH]4)cc3C2=O)C(=O)N1.O=CO.S.S. The summed E-state index contributed by atoms with van der Waals surface area (Å²) < 4.78 is 86.6. The number of Topliss-reactive ketones (excluding diaryl/α,β-unsaturated/α-hetero) is 1. The van der Waals surface area contributed by atoms with E-state index < -0.39 is 123 Å². The third-order valence-corrected chi connectivity index (χ3v) is 21.4. The van der Waals surface area contributed by atoms with Crippen molar-refractivity contribution in [2.24, 2.45) is 5.73 Å². The molecule has 2 unspecified atom stereocenters. The smallest absolute Gasteiger partial charge is 0.352 e. The first kappa shape index (κ1) is 104. The van der Waals surface area contributed by atoms with Crippen molar-refractivity contribution < 1.29 is 138 Å². The van der Waals surface area contributed by atoms with Gasteiger partial charge >= 0.3 is 5.97 Å². The minimum atomic E-state index is -2.36. The molecule has 0 bridgehead atoms. The Morgan fingerprint density at radius 3 is 1.21 bits per heavy atom. The number of ketones is 1. The number of H-pyrrole nitrogens is 2. The van der Waals surface area contributed by atoms with E-state index in [4.69, 9.17) is 49.2 Å². The van der Waals surface area contributed by atoms with Crippen molar-refractivity contribution >= 4 is 149 Å². The highest BCUT2D eigenvalue weighted by atomic mass is 32.1. The van der Waals surface area contributed by atoms with Crippen LogP contribution in [-0.4, -0.2) is 252 Å². The van der Waals surface area contributed by atoms with Crippen LogP contribution >= 0.6 is 27.0 Å². The molecule has 0 aliphatic carbocycles. The number of aromatic carboxylic acids is 1. The molecule has 12 N–H and O–H groups in total. The van der Waals surface area contributed by atoms with E-state index in [-0.39, 0.29) is 151 Å². The van der Waals surface area contributed by atoms with Gasteiger partial charge in [0.15, 0.2) is 5.78 Å². The molecule has 0 spiro atoms. The number of aromatic nitrogens is 2. The van der Waals surface area contributed by atoms with Gasteiger partial charge in [-0.05, 0) is 164 Å².